The average Bonchev–Trinajstić information content (AvgIpc) is 2.66. The van der Waals surface area contributed by atoms with E-state index in [2.05, 4.69) is 5.32 Å². The van der Waals surface area contributed by atoms with Gasteiger partial charge in [0, 0.05) is 24.3 Å². The van der Waals surface area contributed by atoms with Crippen LogP contribution in [0, 0.1) is 11.3 Å². The number of anilines is 1. The number of carbonyl (C=O) groups is 2. The monoisotopic (exact) mass is 335 g/mol. The van der Waals surface area contributed by atoms with Crippen molar-refractivity contribution < 1.29 is 14.3 Å². The Hall–Kier alpha value is -3.33. The minimum atomic E-state index is -0.349. The molecule has 1 heterocycles. The van der Waals surface area contributed by atoms with Crippen LogP contribution in [0.15, 0.2) is 42.5 Å². The van der Waals surface area contributed by atoms with Crippen LogP contribution < -0.4 is 5.32 Å². The number of hydrogen-bond acceptors (Lipinski definition) is 4. The molecule has 0 saturated heterocycles. The average molecular weight is 335 g/mol. The first kappa shape index (κ1) is 16.5. The fourth-order valence-electron chi connectivity index (χ4n) is 2.82. The second-order valence-electron chi connectivity index (χ2n) is 5.77. The lowest BCUT2D eigenvalue weighted by atomic mass is 9.99. The lowest BCUT2D eigenvalue weighted by molar-refractivity contribution is 0.102. The molecule has 0 unspecified atom stereocenters. The molecule has 2 amide bonds. The summed E-state index contributed by atoms with van der Waals surface area (Å²) in [7, 11) is 1.37. The highest BCUT2D eigenvalue weighted by atomic mass is 16.5. The molecule has 1 aliphatic rings. The molecule has 2 aromatic rings. The second kappa shape index (κ2) is 7.05. The van der Waals surface area contributed by atoms with Crippen molar-refractivity contribution in [3.63, 3.8) is 0 Å². The number of hydrogen-bond donors (Lipinski definition) is 1. The molecule has 25 heavy (non-hydrogen) atoms. The molecule has 0 aliphatic carbocycles. The molecule has 0 atom stereocenters. The summed E-state index contributed by atoms with van der Waals surface area (Å²) in [6.07, 6.45) is 0.409. The van der Waals surface area contributed by atoms with E-state index in [0.29, 0.717) is 29.9 Å². The van der Waals surface area contributed by atoms with Crippen LogP contribution in [-0.4, -0.2) is 30.6 Å². The molecular formula is C19H17N3O3. The quantitative estimate of drug-likeness (QED) is 0.915. The standard InChI is InChI=1S/C19H17N3O3/c1-25-19(24)22-9-8-14-6-7-17(10-16(14)12-22)21-18(23)15-4-2-13(11-20)3-5-15/h2-7,10H,8-9,12H2,1H3,(H,21,23). The topological polar surface area (TPSA) is 82.4 Å². The highest BCUT2D eigenvalue weighted by Crippen LogP contribution is 2.23. The second-order valence-corrected chi connectivity index (χ2v) is 5.77. The Balaban J connectivity index is 1.74. The first-order chi connectivity index (χ1) is 12.1. The maximum atomic E-state index is 12.3. The van der Waals surface area contributed by atoms with Gasteiger partial charge in [-0.2, -0.15) is 5.26 Å². The van der Waals surface area contributed by atoms with E-state index in [0.717, 1.165) is 17.5 Å². The molecule has 126 valence electrons. The third-order valence-electron chi connectivity index (χ3n) is 4.19. The largest absolute Gasteiger partial charge is 0.453 e. The van der Waals surface area contributed by atoms with Gasteiger partial charge in [-0.3, -0.25) is 4.79 Å². The van der Waals surface area contributed by atoms with E-state index in [4.69, 9.17) is 10.00 Å². The summed E-state index contributed by atoms with van der Waals surface area (Å²) in [5.41, 5.74) is 3.81. The van der Waals surface area contributed by atoms with Crippen molar-refractivity contribution in [3.05, 3.63) is 64.7 Å². The van der Waals surface area contributed by atoms with Gasteiger partial charge in [0.2, 0.25) is 0 Å². The molecule has 6 heteroatoms. The predicted octanol–water partition coefficient (Wildman–Crippen LogP) is 2.94. The highest BCUT2D eigenvalue weighted by Gasteiger charge is 2.21. The van der Waals surface area contributed by atoms with E-state index in [1.54, 1.807) is 29.2 Å². The number of nitrogens with one attached hydrogen (secondary N) is 1. The molecule has 2 aromatic carbocycles. The first-order valence-electron chi connectivity index (χ1n) is 7.87. The molecule has 3 rings (SSSR count). The summed E-state index contributed by atoms with van der Waals surface area (Å²) in [4.78, 5) is 25.6. The first-order valence-corrected chi connectivity index (χ1v) is 7.87. The van der Waals surface area contributed by atoms with Crippen molar-refractivity contribution in [2.45, 2.75) is 13.0 Å². The lowest BCUT2D eigenvalue weighted by Gasteiger charge is -2.28. The highest BCUT2D eigenvalue weighted by molar-refractivity contribution is 6.04. The Morgan fingerprint density at radius 1 is 1.16 bits per heavy atom. The lowest BCUT2D eigenvalue weighted by Crippen LogP contribution is -2.35. The van der Waals surface area contributed by atoms with Crippen molar-refractivity contribution in [2.75, 3.05) is 19.0 Å². The Labute approximate surface area is 145 Å². The van der Waals surface area contributed by atoms with E-state index in [1.807, 2.05) is 24.3 Å². The van der Waals surface area contributed by atoms with Gasteiger partial charge in [-0.25, -0.2) is 4.79 Å². The number of carbonyl (C=O) groups excluding carboxylic acids is 2. The van der Waals surface area contributed by atoms with Gasteiger partial charge >= 0.3 is 6.09 Å². The zero-order valence-electron chi connectivity index (χ0n) is 13.8. The Kier molecular flexibility index (Phi) is 4.66. The maximum absolute atomic E-state index is 12.3. The Morgan fingerprint density at radius 2 is 1.92 bits per heavy atom. The van der Waals surface area contributed by atoms with Gasteiger partial charge in [0.05, 0.1) is 18.7 Å². The van der Waals surface area contributed by atoms with E-state index in [-0.39, 0.29) is 12.0 Å². The van der Waals surface area contributed by atoms with Gasteiger partial charge in [-0.15, -0.1) is 0 Å². The van der Waals surface area contributed by atoms with Crippen LogP contribution in [0.5, 0.6) is 0 Å². The van der Waals surface area contributed by atoms with Gasteiger partial charge in [-0.1, -0.05) is 6.07 Å². The van der Waals surface area contributed by atoms with Gasteiger partial charge < -0.3 is 15.0 Å². The third-order valence-corrected chi connectivity index (χ3v) is 4.19. The van der Waals surface area contributed by atoms with Crippen LogP contribution in [-0.2, 0) is 17.7 Å². The molecule has 0 bridgehead atoms. The van der Waals surface area contributed by atoms with Crippen molar-refractivity contribution >= 4 is 17.7 Å². The number of rotatable bonds is 2. The van der Waals surface area contributed by atoms with E-state index in [9.17, 15) is 9.59 Å². The van der Waals surface area contributed by atoms with Crippen LogP contribution in [0.2, 0.25) is 0 Å². The van der Waals surface area contributed by atoms with Crippen LogP contribution in [0.1, 0.15) is 27.0 Å². The summed E-state index contributed by atoms with van der Waals surface area (Å²) in [5, 5.41) is 11.7. The SMILES string of the molecule is COC(=O)N1CCc2ccc(NC(=O)c3ccc(C#N)cc3)cc2C1. The smallest absolute Gasteiger partial charge is 0.409 e. The van der Waals surface area contributed by atoms with Crippen LogP contribution in [0.25, 0.3) is 0 Å². The third kappa shape index (κ3) is 3.61. The Bertz CT molecular complexity index is 853. The van der Waals surface area contributed by atoms with Crippen molar-refractivity contribution in [1.29, 1.82) is 5.26 Å². The summed E-state index contributed by atoms with van der Waals surface area (Å²) < 4.78 is 4.77. The van der Waals surface area contributed by atoms with E-state index >= 15 is 0 Å². The molecular weight excluding hydrogens is 318 g/mol. The molecule has 1 aliphatic heterocycles. The van der Waals surface area contributed by atoms with Crippen molar-refractivity contribution in [1.82, 2.24) is 4.90 Å². The summed E-state index contributed by atoms with van der Waals surface area (Å²) >= 11 is 0. The number of methoxy groups -OCH3 is 1. The number of nitriles is 1. The summed E-state index contributed by atoms with van der Waals surface area (Å²) in [6, 6.07) is 14.2. The molecule has 0 saturated carbocycles. The Morgan fingerprint density at radius 3 is 2.60 bits per heavy atom. The molecule has 6 nitrogen and oxygen atoms in total. The van der Waals surface area contributed by atoms with Gasteiger partial charge in [0.15, 0.2) is 0 Å². The van der Waals surface area contributed by atoms with Crippen molar-refractivity contribution in [2.24, 2.45) is 0 Å². The number of ether oxygens (including phenoxy) is 1. The maximum Gasteiger partial charge on any atom is 0.409 e. The molecule has 0 spiro atoms. The summed E-state index contributed by atoms with van der Waals surface area (Å²) in [6.45, 7) is 1.08. The number of benzene rings is 2. The molecule has 0 radical (unpaired) electrons. The van der Waals surface area contributed by atoms with E-state index in [1.165, 1.54) is 7.11 Å². The minimum Gasteiger partial charge on any atom is -0.453 e. The minimum absolute atomic E-state index is 0.245. The number of amides is 2. The molecule has 1 N–H and O–H groups in total. The fourth-order valence-corrected chi connectivity index (χ4v) is 2.82. The normalized spacial score (nSPS) is 12.7. The van der Waals surface area contributed by atoms with E-state index < -0.39 is 0 Å². The van der Waals surface area contributed by atoms with Gasteiger partial charge in [-0.05, 0) is 53.9 Å². The molecule has 0 aromatic heterocycles. The number of nitrogens with zero attached hydrogens (tertiary/aromatic N) is 2. The van der Waals surface area contributed by atoms with Crippen molar-refractivity contribution in [3.8, 4) is 6.07 Å². The molecule has 0 fully saturated rings. The van der Waals surface area contributed by atoms with Gasteiger partial charge in [0.1, 0.15) is 0 Å². The van der Waals surface area contributed by atoms with Gasteiger partial charge in [0.25, 0.3) is 5.91 Å². The van der Waals surface area contributed by atoms with Crippen LogP contribution in [0.4, 0.5) is 10.5 Å². The zero-order valence-corrected chi connectivity index (χ0v) is 13.8. The zero-order chi connectivity index (χ0) is 17.8. The fraction of sp³-hybridized carbons (Fsp3) is 0.211. The predicted molar refractivity (Wildman–Crippen MR) is 92.1 cm³/mol. The number of fused-ring (bicyclic) bond motifs is 1. The summed E-state index contributed by atoms with van der Waals surface area (Å²) in [5.74, 6) is -0.245. The van der Waals surface area contributed by atoms with Crippen LogP contribution in [0.3, 0.4) is 0 Å². The van der Waals surface area contributed by atoms with Crippen LogP contribution >= 0.6 is 0 Å².